The van der Waals surface area contributed by atoms with Crippen LogP contribution in [0.15, 0.2) is 30.3 Å². The average Bonchev–Trinajstić information content (AvgIpc) is 2.38. The lowest BCUT2D eigenvalue weighted by atomic mass is 9.93. The lowest BCUT2D eigenvalue weighted by Gasteiger charge is -2.29. The Balaban J connectivity index is 1.79. The van der Waals surface area contributed by atoms with Crippen molar-refractivity contribution < 1.29 is 5.11 Å². The summed E-state index contributed by atoms with van der Waals surface area (Å²) in [5, 5.41) is 14.0. The molecule has 2 rings (SSSR count). The molecule has 0 bridgehead atoms. The van der Waals surface area contributed by atoms with E-state index in [1.54, 1.807) is 0 Å². The lowest BCUT2D eigenvalue weighted by Crippen LogP contribution is -2.44. The van der Waals surface area contributed by atoms with E-state index in [0.29, 0.717) is 19.0 Å². The predicted octanol–water partition coefficient (Wildman–Crippen LogP) is 2.90. The highest BCUT2D eigenvalue weighted by Crippen LogP contribution is 2.19. The summed E-state index contributed by atoms with van der Waals surface area (Å²) in [6, 6.07) is 10.8. The molecule has 1 aromatic carbocycles. The maximum atomic E-state index is 10.4. The van der Waals surface area contributed by atoms with Gasteiger partial charge in [0.2, 0.25) is 0 Å². The molecule has 1 atom stereocenters. The first-order valence-electron chi connectivity index (χ1n) is 7.15. The van der Waals surface area contributed by atoms with Gasteiger partial charge in [-0.05, 0) is 25.3 Å². The number of nitrogens with one attached hydrogen (secondary N) is 1. The molecule has 0 saturated heterocycles. The average molecular weight is 247 g/mol. The first kappa shape index (κ1) is 13.6. The van der Waals surface area contributed by atoms with E-state index < -0.39 is 5.60 Å². The smallest absolute Gasteiger partial charge is 0.0783 e. The highest BCUT2D eigenvalue weighted by molar-refractivity contribution is 5.16. The van der Waals surface area contributed by atoms with Gasteiger partial charge in [0.25, 0.3) is 0 Å². The standard InChI is InChI=1S/C16H25NO/c1-16(18,12-14-8-4-2-5-9-14)13-17-15-10-6-3-7-11-15/h2,4-5,8-9,15,17-18H,3,6-7,10-13H2,1H3. The minimum atomic E-state index is -0.654. The molecule has 0 spiro atoms. The third-order valence-corrected chi connectivity index (χ3v) is 3.80. The number of rotatable bonds is 5. The van der Waals surface area contributed by atoms with Crippen molar-refractivity contribution in [3.63, 3.8) is 0 Å². The van der Waals surface area contributed by atoms with Crippen molar-refractivity contribution >= 4 is 0 Å². The molecule has 1 saturated carbocycles. The number of aliphatic hydroxyl groups is 1. The van der Waals surface area contributed by atoms with E-state index in [0.717, 1.165) is 0 Å². The van der Waals surface area contributed by atoms with Gasteiger partial charge in [0, 0.05) is 19.0 Å². The van der Waals surface area contributed by atoms with E-state index in [9.17, 15) is 5.11 Å². The second-order valence-electron chi connectivity index (χ2n) is 5.88. The fourth-order valence-corrected chi connectivity index (χ4v) is 2.77. The minimum Gasteiger partial charge on any atom is -0.389 e. The molecule has 1 aliphatic carbocycles. The molecular formula is C16H25NO. The van der Waals surface area contributed by atoms with Gasteiger partial charge in [0.05, 0.1) is 5.60 Å². The summed E-state index contributed by atoms with van der Waals surface area (Å²) in [5.41, 5.74) is 0.548. The van der Waals surface area contributed by atoms with Crippen LogP contribution in [0.25, 0.3) is 0 Å². The van der Waals surface area contributed by atoms with Crippen molar-refractivity contribution in [2.45, 2.75) is 57.1 Å². The maximum Gasteiger partial charge on any atom is 0.0783 e. The third kappa shape index (κ3) is 4.43. The van der Waals surface area contributed by atoms with Gasteiger partial charge >= 0.3 is 0 Å². The zero-order valence-corrected chi connectivity index (χ0v) is 11.4. The van der Waals surface area contributed by atoms with E-state index >= 15 is 0 Å². The van der Waals surface area contributed by atoms with E-state index in [1.165, 1.54) is 37.7 Å². The molecule has 0 aromatic heterocycles. The normalized spacial score (nSPS) is 20.6. The Morgan fingerprint density at radius 1 is 1.17 bits per heavy atom. The minimum absolute atomic E-state index is 0.612. The van der Waals surface area contributed by atoms with Crippen LogP contribution < -0.4 is 5.32 Å². The van der Waals surface area contributed by atoms with Gasteiger partial charge in [-0.3, -0.25) is 0 Å². The molecule has 1 unspecified atom stereocenters. The fraction of sp³-hybridized carbons (Fsp3) is 0.625. The lowest BCUT2D eigenvalue weighted by molar-refractivity contribution is 0.0555. The van der Waals surface area contributed by atoms with Crippen LogP contribution in [0.2, 0.25) is 0 Å². The molecule has 100 valence electrons. The first-order valence-corrected chi connectivity index (χ1v) is 7.15. The molecule has 1 aromatic rings. The highest BCUT2D eigenvalue weighted by atomic mass is 16.3. The van der Waals surface area contributed by atoms with Gasteiger partial charge in [0.1, 0.15) is 0 Å². The SMILES string of the molecule is CC(O)(CNC1CCCCC1)Cc1ccccc1. The zero-order valence-electron chi connectivity index (χ0n) is 11.4. The summed E-state index contributed by atoms with van der Waals surface area (Å²) in [7, 11) is 0. The fourth-order valence-electron chi connectivity index (χ4n) is 2.77. The Morgan fingerprint density at radius 3 is 2.50 bits per heavy atom. The summed E-state index contributed by atoms with van der Waals surface area (Å²) >= 11 is 0. The number of benzene rings is 1. The topological polar surface area (TPSA) is 32.3 Å². The molecule has 0 radical (unpaired) electrons. The van der Waals surface area contributed by atoms with Crippen LogP contribution in [0.4, 0.5) is 0 Å². The molecule has 1 aliphatic rings. The van der Waals surface area contributed by atoms with E-state index in [-0.39, 0.29) is 0 Å². The highest BCUT2D eigenvalue weighted by Gasteiger charge is 2.23. The molecular weight excluding hydrogens is 222 g/mol. The Hall–Kier alpha value is -0.860. The van der Waals surface area contributed by atoms with Crippen LogP contribution in [-0.2, 0) is 6.42 Å². The number of hydrogen-bond acceptors (Lipinski definition) is 2. The predicted molar refractivity (Wildman–Crippen MR) is 75.6 cm³/mol. The Kier molecular flexibility index (Phi) is 4.79. The van der Waals surface area contributed by atoms with Crippen LogP contribution in [-0.4, -0.2) is 23.3 Å². The molecule has 0 amide bonds. The van der Waals surface area contributed by atoms with Crippen LogP contribution in [0.3, 0.4) is 0 Å². The van der Waals surface area contributed by atoms with Crippen LogP contribution in [0.1, 0.15) is 44.6 Å². The van der Waals surface area contributed by atoms with Crippen molar-refractivity contribution in [1.29, 1.82) is 0 Å². The number of hydrogen-bond donors (Lipinski definition) is 2. The van der Waals surface area contributed by atoms with E-state index in [1.807, 2.05) is 25.1 Å². The van der Waals surface area contributed by atoms with Crippen LogP contribution >= 0.6 is 0 Å². The maximum absolute atomic E-state index is 10.4. The van der Waals surface area contributed by atoms with E-state index in [2.05, 4.69) is 17.4 Å². The van der Waals surface area contributed by atoms with Crippen molar-refractivity contribution in [2.24, 2.45) is 0 Å². The van der Waals surface area contributed by atoms with Gasteiger partial charge in [-0.2, -0.15) is 0 Å². The monoisotopic (exact) mass is 247 g/mol. The molecule has 2 N–H and O–H groups in total. The van der Waals surface area contributed by atoms with Crippen LogP contribution in [0.5, 0.6) is 0 Å². The molecule has 2 heteroatoms. The first-order chi connectivity index (χ1) is 8.66. The van der Waals surface area contributed by atoms with Gasteiger partial charge < -0.3 is 10.4 Å². The summed E-state index contributed by atoms with van der Waals surface area (Å²) in [4.78, 5) is 0. The van der Waals surface area contributed by atoms with Crippen LogP contribution in [0, 0.1) is 0 Å². The van der Waals surface area contributed by atoms with Gasteiger partial charge in [-0.1, -0.05) is 49.6 Å². The molecule has 0 heterocycles. The second kappa shape index (κ2) is 6.35. The van der Waals surface area contributed by atoms with Gasteiger partial charge in [-0.15, -0.1) is 0 Å². The molecule has 1 fully saturated rings. The Bertz CT molecular complexity index is 341. The molecule has 2 nitrogen and oxygen atoms in total. The van der Waals surface area contributed by atoms with Crippen molar-refractivity contribution in [3.05, 3.63) is 35.9 Å². The molecule has 0 aliphatic heterocycles. The Morgan fingerprint density at radius 2 is 1.83 bits per heavy atom. The van der Waals surface area contributed by atoms with Gasteiger partial charge in [-0.25, -0.2) is 0 Å². The van der Waals surface area contributed by atoms with Crippen molar-refractivity contribution in [1.82, 2.24) is 5.32 Å². The zero-order chi connectivity index (χ0) is 12.8. The summed E-state index contributed by atoms with van der Waals surface area (Å²) in [6.07, 6.45) is 7.28. The summed E-state index contributed by atoms with van der Waals surface area (Å²) in [6.45, 7) is 2.61. The Labute approximate surface area is 110 Å². The van der Waals surface area contributed by atoms with E-state index in [4.69, 9.17) is 0 Å². The molecule has 18 heavy (non-hydrogen) atoms. The second-order valence-corrected chi connectivity index (χ2v) is 5.88. The third-order valence-electron chi connectivity index (χ3n) is 3.80. The van der Waals surface area contributed by atoms with Crippen molar-refractivity contribution in [3.8, 4) is 0 Å². The van der Waals surface area contributed by atoms with Gasteiger partial charge in [0.15, 0.2) is 0 Å². The summed E-state index contributed by atoms with van der Waals surface area (Å²) < 4.78 is 0. The largest absolute Gasteiger partial charge is 0.389 e. The quantitative estimate of drug-likeness (QED) is 0.838. The van der Waals surface area contributed by atoms with Crippen molar-refractivity contribution in [2.75, 3.05) is 6.54 Å². The summed E-state index contributed by atoms with van der Waals surface area (Å²) in [5.74, 6) is 0.